The van der Waals surface area contributed by atoms with Gasteiger partial charge in [-0.15, -0.1) is 0 Å². The molecule has 4 rings (SSSR count). The van der Waals surface area contributed by atoms with Crippen LogP contribution in [-0.4, -0.2) is 68.3 Å². The smallest absolute Gasteiger partial charge is 0.267 e. The molecule has 1 atom stereocenters. The second kappa shape index (κ2) is 8.56. The minimum Gasteiger partial charge on any atom is -0.485 e. The van der Waals surface area contributed by atoms with Gasteiger partial charge in [0.1, 0.15) is 6.61 Å². The molecule has 9 nitrogen and oxygen atoms in total. The molecule has 31 heavy (non-hydrogen) atoms. The quantitative estimate of drug-likeness (QED) is 0.761. The Labute approximate surface area is 180 Å². The molecule has 164 valence electrons. The van der Waals surface area contributed by atoms with Crippen LogP contribution in [0, 0.1) is 0 Å². The molecular weight excluding hydrogens is 422 g/mol. The number of rotatable bonds is 4. The first-order chi connectivity index (χ1) is 14.8. The summed E-state index contributed by atoms with van der Waals surface area (Å²) in [4.78, 5) is 25.7. The molecule has 10 heteroatoms. The van der Waals surface area contributed by atoms with Gasteiger partial charge in [0.15, 0.2) is 11.5 Å². The van der Waals surface area contributed by atoms with Gasteiger partial charge in [-0.05, 0) is 36.4 Å². The number of carbonyl (C=O) groups is 2. The van der Waals surface area contributed by atoms with Crippen LogP contribution in [0.1, 0.15) is 6.92 Å². The highest BCUT2D eigenvalue weighted by Crippen LogP contribution is 2.31. The van der Waals surface area contributed by atoms with E-state index in [0.29, 0.717) is 17.2 Å². The van der Waals surface area contributed by atoms with Gasteiger partial charge in [0.05, 0.1) is 4.90 Å². The maximum atomic E-state index is 12.9. The molecule has 0 spiro atoms. The van der Waals surface area contributed by atoms with E-state index in [1.165, 1.54) is 23.4 Å². The number of amides is 2. The third-order valence-electron chi connectivity index (χ3n) is 5.15. The van der Waals surface area contributed by atoms with Gasteiger partial charge >= 0.3 is 0 Å². The van der Waals surface area contributed by atoms with E-state index in [2.05, 4.69) is 5.32 Å². The summed E-state index contributed by atoms with van der Waals surface area (Å²) in [7, 11) is -3.69. The zero-order valence-electron chi connectivity index (χ0n) is 17.0. The molecule has 1 N–H and O–H groups in total. The maximum Gasteiger partial charge on any atom is 0.267 e. The zero-order valence-corrected chi connectivity index (χ0v) is 17.8. The molecule has 2 aromatic rings. The minimum absolute atomic E-state index is 0.120. The fourth-order valence-corrected chi connectivity index (χ4v) is 4.98. The number of nitrogens with one attached hydrogen (secondary N) is 1. The van der Waals surface area contributed by atoms with Crippen LogP contribution < -0.4 is 14.8 Å². The molecular formula is C21H23N3O6S. The third kappa shape index (κ3) is 4.49. The predicted molar refractivity (Wildman–Crippen MR) is 112 cm³/mol. The van der Waals surface area contributed by atoms with E-state index in [4.69, 9.17) is 9.47 Å². The Hall–Kier alpha value is -3.11. The lowest BCUT2D eigenvalue weighted by molar-refractivity contribution is -0.142. The van der Waals surface area contributed by atoms with Gasteiger partial charge < -0.3 is 19.7 Å². The van der Waals surface area contributed by atoms with Gasteiger partial charge in [-0.25, -0.2) is 8.42 Å². The molecule has 2 aliphatic heterocycles. The lowest BCUT2D eigenvalue weighted by Gasteiger charge is -2.36. The van der Waals surface area contributed by atoms with E-state index < -0.39 is 16.1 Å². The summed E-state index contributed by atoms with van der Waals surface area (Å²) in [6.45, 7) is 2.41. The summed E-state index contributed by atoms with van der Waals surface area (Å²) >= 11 is 0. The summed E-state index contributed by atoms with van der Waals surface area (Å²) in [6.07, 6.45) is -0.751. The highest BCUT2D eigenvalue weighted by atomic mass is 32.2. The van der Waals surface area contributed by atoms with Crippen LogP contribution in [-0.2, 0) is 19.6 Å². The molecule has 2 amide bonds. The van der Waals surface area contributed by atoms with Crippen molar-refractivity contribution in [3.05, 3.63) is 48.5 Å². The number of sulfonamides is 1. The normalized spacial score (nSPS) is 19.0. The lowest BCUT2D eigenvalue weighted by atomic mass is 10.2. The molecule has 0 aromatic heterocycles. The molecule has 0 saturated carbocycles. The van der Waals surface area contributed by atoms with Crippen molar-refractivity contribution in [2.45, 2.75) is 17.9 Å². The van der Waals surface area contributed by atoms with Crippen molar-refractivity contribution >= 4 is 27.5 Å². The predicted octanol–water partition coefficient (Wildman–Crippen LogP) is 1.32. The highest BCUT2D eigenvalue weighted by molar-refractivity contribution is 7.89. The average Bonchev–Trinajstić information content (AvgIpc) is 2.78. The van der Waals surface area contributed by atoms with Crippen molar-refractivity contribution in [3.63, 3.8) is 0 Å². The topological polar surface area (TPSA) is 105 Å². The summed E-state index contributed by atoms with van der Waals surface area (Å²) in [5.41, 5.74) is 0.526. The number of ether oxygens (including phenoxy) is 2. The number of hydrogen-bond donors (Lipinski definition) is 1. The summed E-state index contributed by atoms with van der Waals surface area (Å²) in [6, 6.07) is 13.2. The number of piperazine rings is 1. The van der Waals surface area contributed by atoms with Crippen molar-refractivity contribution in [3.8, 4) is 11.5 Å². The van der Waals surface area contributed by atoms with Crippen LogP contribution in [0.3, 0.4) is 0 Å². The van der Waals surface area contributed by atoms with Crippen molar-refractivity contribution in [2.75, 3.05) is 38.1 Å². The molecule has 0 unspecified atom stereocenters. The van der Waals surface area contributed by atoms with Crippen LogP contribution in [0.5, 0.6) is 11.5 Å². The van der Waals surface area contributed by atoms with Crippen molar-refractivity contribution in [2.24, 2.45) is 0 Å². The first kappa shape index (κ1) is 21.1. The van der Waals surface area contributed by atoms with Gasteiger partial charge in [-0.2, -0.15) is 4.31 Å². The zero-order chi connectivity index (χ0) is 22.0. The minimum atomic E-state index is -3.69. The maximum absolute atomic E-state index is 12.9. The summed E-state index contributed by atoms with van der Waals surface area (Å²) in [5.74, 6) is 0.682. The van der Waals surface area contributed by atoms with E-state index in [1.54, 1.807) is 35.2 Å². The highest BCUT2D eigenvalue weighted by Gasteiger charge is 2.35. The number of fused-ring (bicyclic) bond motifs is 1. The average molecular weight is 445 g/mol. The number of para-hydroxylation sites is 2. The van der Waals surface area contributed by atoms with E-state index in [1.807, 2.05) is 6.07 Å². The van der Waals surface area contributed by atoms with Gasteiger partial charge in [0.2, 0.25) is 22.0 Å². The third-order valence-corrected chi connectivity index (χ3v) is 7.06. The number of benzene rings is 2. The second-order valence-electron chi connectivity index (χ2n) is 7.30. The van der Waals surface area contributed by atoms with Gasteiger partial charge in [0.25, 0.3) is 5.91 Å². The van der Waals surface area contributed by atoms with E-state index in [0.717, 1.165) is 0 Å². The first-order valence-corrected chi connectivity index (χ1v) is 11.3. The second-order valence-corrected chi connectivity index (χ2v) is 9.24. The van der Waals surface area contributed by atoms with Crippen LogP contribution in [0.25, 0.3) is 0 Å². The Kier molecular flexibility index (Phi) is 5.84. The number of anilines is 1. The molecule has 0 aliphatic carbocycles. The van der Waals surface area contributed by atoms with Crippen LogP contribution in [0.4, 0.5) is 5.69 Å². The standard InChI is InChI=1S/C21H23N3O6S/c1-15(25)22-16-6-8-17(9-7-16)31(27,28)24-12-10-23(11-13-24)21(26)20-14-29-18-4-2-3-5-19(18)30-20/h2-9,20H,10-14H2,1H3,(H,22,25)/t20-/m1/s1. The van der Waals surface area contributed by atoms with E-state index >= 15 is 0 Å². The number of carbonyl (C=O) groups excluding carboxylic acids is 2. The molecule has 1 fully saturated rings. The Balaban J connectivity index is 1.37. The van der Waals surface area contributed by atoms with Gasteiger partial charge in [0, 0.05) is 38.8 Å². The van der Waals surface area contributed by atoms with Crippen LogP contribution in [0.2, 0.25) is 0 Å². The Morgan fingerprint density at radius 3 is 2.26 bits per heavy atom. The largest absolute Gasteiger partial charge is 0.485 e. The van der Waals surface area contributed by atoms with Gasteiger partial charge in [-0.1, -0.05) is 12.1 Å². The monoisotopic (exact) mass is 445 g/mol. The summed E-state index contributed by atoms with van der Waals surface area (Å²) in [5, 5.41) is 2.61. The van der Waals surface area contributed by atoms with Crippen molar-refractivity contribution in [1.82, 2.24) is 9.21 Å². The Morgan fingerprint density at radius 1 is 0.968 bits per heavy atom. The van der Waals surface area contributed by atoms with E-state index in [9.17, 15) is 18.0 Å². The number of hydrogen-bond acceptors (Lipinski definition) is 6. The van der Waals surface area contributed by atoms with Crippen LogP contribution >= 0.6 is 0 Å². The molecule has 2 aromatic carbocycles. The van der Waals surface area contributed by atoms with Crippen LogP contribution in [0.15, 0.2) is 53.4 Å². The molecule has 1 saturated heterocycles. The summed E-state index contributed by atoms with van der Waals surface area (Å²) < 4.78 is 38.6. The fraction of sp³-hybridized carbons (Fsp3) is 0.333. The van der Waals surface area contributed by atoms with E-state index in [-0.39, 0.29) is 49.5 Å². The number of nitrogens with zero attached hydrogens (tertiary/aromatic N) is 2. The van der Waals surface area contributed by atoms with Crippen molar-refractivity contribution < 1.29 is 27.5 Å². The molecule has 0 bridgehead atoms. The Bertz CT molecular complexity index is 1080. The molecule has 0 radical (unpaired) electrons. The molecule has 2 aliphatic rings. The lowest BCUT2D eigenvalue weighted by Crippen LogP contribution is -2.55. The van der Waals surface area contributed by atoms with Crippen molar-refractivity contribution in [1.29, 1.82) is 0 Å². The fourth-order valence-electron chi connectivity index (χ4n) is 3.56. The SMILES string of the molecule is CC(=O)Nc1ccc(S(=O)(=O)N2CCN(C(=O)[C@H]3COc4ccccc4O3)CC2)cc1. The molecule has 2 heterocycles. The Morgan fingerprint density at radius 2 is 1.61 bits per heavy atom. The van der Waals surface area contributed by atoms with Gasteiger partial charge in [-0.3, -0.25) is 9.59 Å². The first-order valence-electron chi connectivity index (χ1n) is 9.90.